The van der Waals surface area contributed by atoms with Crippen molar-refractivity contribution in [1.29, 1.82) is 0 Å². The third-order valence-corrected chi connectivity index (χ3v) is 5.88. The van der Waals surface area contributed by atoms with Crippen LogP contribution in [0.15, 0.2) is 54.7 Å². The number of fused-ring (bicyclic) bond motifs is 1. The van der Waals surface area contributed by atoms with Crippen LogP contribution in [0.4, 0.5) is 0 Å². The molecule has 31 heavy (non-hydrogen) atoms. The van der Waals surface area contributed by atoms with Crippen molar-refractivity contribution in [3.8, 4) is 5.75 Å². The molecule has 2 aliphatic rings. The Morgan fingerprint density at radius 1 is 1.16 bits per heavy atom. The SMILES string of the molecule is Cc1ccc2c(c1)OC=C(CCl)N(CCCCN1CCC=C(c3ncccn3)C1)C2=O. The molecule has 0 unspecified atom stereocenters. The molecule has 0 aliphatic carbocycles. The molecule has 0 N–H and O–H groups in total. The molecule has 0 saturated carbocycles. The first kappa shape index (κ1) is 21.5. The highest BCUT2D eigenvalue weighted by atomic mass is 35.5. The maximum atomic E-state index is 13.1. The second-order valence-electron chi connectivity index (χ2n) is 7.89. The summed E-state index contributed by atoms with van der Waals surface area (Å²) < 4.78 is 5.75. The number of carbonyl (C=O) groups excluding carboxylic acids is 1. The fourth-order valence-electron chi connectivity index (χ4n) is 3.95. The quantitative estimate of drug-likeness (QED) is 0.477. The van der Waals surface area contributed by atoms with Gasteiger partial charge in [0, 0.05) is 37.6 Å². The molecular weight excluding hydrogens is 412 g/mol. The van der Waals surface area contributed by atoms with Gasteiger partial charge in [-0.25, -0.2) is 9.97 Å². The van der Waals surface area contributed by atoms with Gasteiger partial charge in [-0.05, 0) is 56.5 Å². The maximum Gasteiger partial charge on any atom is 0.261 e. The monoisotopic (exact) mass is 438 g/mol. The minimum atomic E-state index is -0.0520. The third-order valence-electron chi connectivity index (χ3n) is 5.61. The number of allylic oxidation sites excluding steroid dienone is 1. The molecular formula is C24H27ClN4O2. The molecule has 1 aromatic heterocycles. The molecule has 0 radical (unpaired) electrons. The first-order chi connectivity index (χ1) is 15.2. The predicted molar refractivity (Wildman–Crippen MR) is 122 cm³/mol. The van der Waals surface area contributed by atoms with Gasteiger partial charge in [-0.2, -0.15) is 0 Å². The van der Waals surface area contributed by atoms with E-state index in [0.29, 0.717) is 23.6 Å². The van der Waals surface area contributed by atoms with Gasteiger partial charge < -0.3 is 9.64 Å². The van der Waals surface area contributed by atoms with Crippen molar-refractivity contribution in [2.24, 2.45) is 0 Å². The number of benzene rings is 1. The molecule has 6 nitrogen and oxygen atoms in total. The van der Waals surface area contributed by atoms with E-state index < -0.39 is 0 Å². The van der Waals surface area contributed by atoms with Gasteiger partial charge in [0.05, 0.1) is 17.1 Å². The topological polar surface area (TPSA) is 58.6 Å². The van der Waals surface area contributed by atoms with Crippen molar-refractivity contribution in [3.05, 3.63) is 71.6 Å². The van der Waals surface area contributed by atoms with Crippen LogP contribution in [0.5, 0.6) is 5.75 Å². The van der Waals surface area contributed by atoms with E-state index in [9.17, 15) is 4.79 Å². The van der Waals surface area contributed by atoms with Gasteiger partial charge in [0.25, 0.3) is 5.91 Å². The molecule has 1 aromatic carbocycles. The van der Waals surface area contributed by atoms with E-state index >= 15 is 0 Å². The van der Waals surface area contributed by atoms with E-state index in [4.69, 9.17) is 16.3 Å². The van der Waals surface area contributed by atoms with Crippen LogP contribution in [0.2, 0.25) is 0 Å². The molecule has 3 heterocycles. The highest BCUT2D eigenvalue weighted by Gasteiger charge is 2.25. The van der Waals surface area contributed by atoms with E-state index in [1.54, 1.807) is 23.6 Å². The average molecular weight is 439 g/mol. The lowest BCUT2D eigenvalue weighted by molar-refractivity contribution is 0.0805. The smallest absolute Gasteiger partial charge is 0.261 e. The van der Waals surface area contributed by atoms with E-state index in [-0.39, 0.29) is 11.8 Å². The van der Waals surface area contributed by atoms with Crippen molar-refractivity contribution in [2.75, 3.05) is 32.1 Å². The fraction of sp³-hybridized carbons (Fsp3) is 0.375. The van der Waals surface area contributed by atoms with Gasteiger partial charge in [0.1, 0.15) is 12.0 Å². The summed E-state index contributed by atoms with van der Waals surface area (Å²) in [7, 11) is 0. The Morgan fingerprint density at radius 2 is 1.97 bits per heavy atom. The summed E-state index contributed by atoms with van der Waals surface area (Å²) in [4.78, 5) is 26.1. The van der Waals surface area contributed by atoms with Crippen LogP contribution in [0.3, 0.4) is 0 Å². The first-order valence-corrected chi connectivity index (χ1v) is 11.2. The molecule has 0 bridgehead atoms. The number of alkyl halides is 1. The van der Waals surface area contributed by atoms with Crippen molar-refractivity contribution < 1.29 is 9.53 Å². The zero-order valence-electron chi connectivity index (χ0n) is 17.8. The molecule has 0 atom stereocenters. The summed E-state index contributed by atoms with van der Waals surface area (Å²) in [6.45, 7) is 5.46. The van der Waals surface area contributed by atoms with Crippen molar-refractivity contribution in [2.45, 2.75) is 26.2 Å². The minimum Gasteiger partial charge on any atom is -0.462 e. The zero-order chi connectivity index (χ0) is 21.6. The average Bonchev–Trinajstić information content (AvgIpc) is 2.93. The number of nitrogens with zero attached hydrogens (tertiary/aromatic N) is 4. The summed E-state index contributed by atoms with van der Waals surface area (Å²) in [6.07, 6.45) is 10.3. The number of halogens is 1. The van der Waals surface area contributed by atoms with E-state index in [0.717, 1.165) is 50.3 Å². The van der Waals surface area contributed by atoms with Crippen LogP contribution in [0.25, 0.3) is 5.57 Å². The lowest BCUT2D eigenvalue weighted by atomic mass is 10.1. The van der Waals surface area contributed by atoms with Gasteiger partial charge in [-0.15, -0.1) is 11.6 Å². The Balaban J connectivity index is 1.33. The molecule has 7 heteroatoms. The zero-order valence-corrected chi connectivity index (χ0v) is 18.5. The number of ether oxygens (including phenoxy) is 1. The Morgan fingerprint density at radius 3 is 2.77 bits per heavy atom. The van der Waals surface area contributed by atoms with Crippen LogP contribution in [-0.2, 0) is 0 Å². The number of amides is 1. The fourth-order valence-corrected chi connectivity index (χ4v) is 4.16. The molecule has 162 valence electrons. The van der Waals surface area contributed by atoms with E-state index in [2.05, 4.69) is 20.9 Å². The molecule has 0 fully saturated rings. The largest absolute Gasteiger partial charge is 0.462 e. The lowest BCUT2D eigenvalue weighted by Gasteiger charge is -2.27. The maximum absolute atomic E-state index is 13.1. The number of hydrogen-bond acceptors (Lipinski definition) is 5. The van der Waals surface area contributed by atoms with Crippen LogP contribution >= 0.6 is 11.6 Å². The standard InChI is InChI=1S/C24H27ClN4O2/c1-18-7-8-21-22(14-18)31-17-20(15-25)29(24(21)30)13-3-2-11-28-12-4-6-19(16-28)23-26-9-5-10-27-23/h5-10,14,17H,2-4,11-13,15-16H2,1H3. The number of hydrogen-bond donors (Lipinski definition) is 0. The first-order valence-electron chi connectivity index (χ1n) is 10.7. The summed E-state index contributed by atoms with van der Waals surface area (Å²) in [5.41, 5.74) is 3.52. The highest BCUT2D eigenvalue weighted by Crippen LogP contribution is 2.28. The van der Waals surface area contributed by atoms with Crippen LogP contribution in [0.1, 0.15) is 41.0 Å². The van der Waals surface area contributed by atoms with Crippen molar-refractivity contribution in [3.63, 3.8) is 0 Å². The molecule has 1 amide bonds. The highest BCUT2D eigenvalue weighted by molar-refractivity contribution is 6.19. The number of rotatable bonds is 7. The molecule has 0 spiro atoms. The summed E-state index contributed by atoms with van der Waals surface area (Å²) in [5, 5.41) is 0. The second-order valence-corrected chi connectivity index (χ2v) is 8.16. The Bertz CT molecular complexity index is 990. The Hall–Kier alpha value is -2.70. The third kappa shape index (κ3) is 5.14. The molecule has 0 saturated heterocycles. The summed E-state index contributed by atoms with van der Waals surface area (Å²) in [6, 6.07) is 7.49. The summed E-state index contributed by atoms with van der Waals surface area (Å²) >= 11 is 6.13. The van der Waals surface area contributed by atoms with Gasteiger partial charge in [0.15, 0.2) is 5.82 Å². The molecule has 4 rings (SSSR count). The number of carbonyl (C=O) groups is 1. The van der Waals surface area contributed by atoms with Crippen molar-refractivity contribution in [1.82, 2.24) is 19.8 Å². The predicted octanol–water partition coefficient (Wildman–Crippen LogP) is 4.27. The Labute approximate surface area is 188 Å². The van der Waals surface area contributed by atoms with Gasteiger partial charge in [0.2, 0.25) is 0 Å². The number of unbranched alkanes of at least 4 members (excludes halogenated alkanes) is 1. The van der Waals surface area contributed by atoms with Crippen LogP contribution in [0, 0.1) is 6.92 Å². The van der Waals surface area contributed by atoms with E-state index in [1.807, 2.05) is 31.2 Å². The van der Waals surface area contributed by atoms with Gasteiger partial charge in [-0.1, -0.05) is 12.1 Å². The lowest BCUT2D eigenvalue weighted by Crippen LogP contribution is -2.33. The normalized spacial score (nSPS) is 16.8. The van der Waals surface area contributed by atoms with E-state index in [1.165, 1.54) is 5.57 Å². The second kappa shape index (κ2) is 10.1. The van der Waals surface area contributed by atoms with Gasteiger partial charge in [-0.3, -0.25) is 9.69 Å². The molecule has 2 aliphatic heterocycles. The minimum absolute atomic E-state index is 0.0520. The van der Waals surface area contributed by atoms with Crippen molar-refractivity contribution >= 4 is 23.1 Å². The van der Waals surface area contributed by atoms with Gasteiger partial charge >= 0.3 is 0 Å². The molecule has 2 aromatic rings. The van der Waals surface area contributed by atoms with Crippen LogP contribution < -0.4 is 4.74 Å². The summed E-state index contributed by atoms with van der Waals surface area (Å²) in [5.74, 6) is 1.58. The van der Waals surface area contributed by atoms with Crippen LogP contribution in [-0.4, -0.2) is 57.7 Å². The number of aromatic nitrogens is 2. The Kier molecular flexibility index (Phi) is 6.99. The number of aryl methyl sites for hydroxylation is 1.